The van der Waals surface area contributed by atoms with Crippen molar-refractivity contribution in [1.29, 1.82) is 5.26 Å². The first-order valence-corrected chi connectivity index (χ1v) is 5.85. The van der Waals surface area contributed by atoms with E-state index in [4.69, 9.17) is 10.4 Å². The van der Waals surface area contributed by atoms with Crippen LogP contribution in [0.5, 0.6) is 0 Å². The standard InChI is InChI=1S/C12H16N4O/c13-8-10-11(15-6-5-14-10)16-9-12(4-7-17)2-1-3-12/h5-6,17H,1-4,7,9H2,(H,15,16). The maximum absolute atomic E-state index is 9.06. The zero-order chi connectivity index (χ0) is 12.1. The maximum Gasteiger partial charge on any atom is 0.182 e. The summed E-state index contributed by atoms with van der Waals surface area (Å²) in [5.41, 5.74) is 0.505. The molecule has 2 N–H and O–H groups in total. The number of aliphatic hydroxyl groups excluding tert-OH is 1. The normalized spacial score (nSPS) is 16.9. The lowest BCUT2D eigenvalue weighted by Gasteiger charge is -2.41. The van der Waals surface area contributed by atoms with E-state index in [2.05, 4.69) is 15.3 Å². The zero-order valence-corrected chi connectivity index (χ0v) is 9.69. The second-order valence-corrected chi connectivity index (χ2v) is 4.55. The molecule has 0 unspecified atom stereocenters. The van der Waals surface area contributed by atoms with Crippen molar-refractivity contribution in [2.45, 2.75) is 25.7 Å². The summed E-state index contributed by atoms with van der Waals surface area (Å²) in [6.07, 6.45) is 7.36. The van der Waals surface area contributed by atoms with Gasteiger partial charge in [-0.05, 0) is 24.7 Å². The summed E-state index contributed by atoms with van der Waals surface area (Å²) in [6, 6.07) is 2.01. The molecule has 90 valence electrons. The van der Waals surface area contributed by atoms with Crippen LogP contribution in [0.4, 0.5) is 5.82 Å². The molecule has 5 heteroatoms. The number of hydrogen-bond donors (Lipinski definition) is 2. The molecule has 0 atom stereocenters. The minimum Gasteiger partial charge on any atom is -0.396 e. The molecule has 0 bridgehead atoms. The average Bonchev–Trinajstić information content (AvgIpc) is 2.33. The first kappa shape index (κ1) is 11.8. The molecular weight excluding hydrogens is 216 g/mol. The van der Waals surface area contributed by atoms with E-state index in [0.29, 0.717) is 11.5 Å². The average molecular weight is 232 g/mol. The number of nitrogens with one attached hydrogen (secondary N) is 1. The Labute approximate surface area is 101 Å². The molecule has 0 radical (unpaired) electrons. The van der Waals surface area contributed by atoms with Crippen molar-refractivity contribution in [3.8, 4) is 6.07 Å². The molecule has 1 aromatic heterocycles. The van der Waals surface area contributed by atoms with Gasteiger partial charge in [0, 0.05) is 25.5 Å². The van der Waals surface area contributed by atoms with Crippen molar-refractivity contribution in [3.05, 3.63) is 18.1 Å². The Morgan fingerprint density at radius 3 is 2.76 bits per heavy atom. The monoisotopic (exact) mass is 232 g/mol. The molecule has 1 aliphatic rings. The molecule has 1 aromatic rings. The minimum absolute atomic E-state index is 0.180. The van der Waals surface area contributed by atoms with E-state index >= 15 is 0 Å². The quantitative estimate of drug-likeness (QED) is 0.800. The fourth-order valence-corrected chi connectivity index (χ4v) is 2.25. The number of aromatic nitrogens is 2. The van der Waals surface area contributed by atoms with Crippen LogP contribution in [0, 0.1) is 16.7 Å². The Morgan fingerprint density at radius 2 is 2.18 bits per heavy atom. The lowest BCUT2D eigenvalue weighted by molar-refractivity contribution is 0.101. The first-order chi connectivity index (χ1) is 8.29. The van der Waals surface area contributed by atoms with Crippen LogP contribution >= 0.6 is 0 Å². The lowest BCUT2D eigenvalue weighted by atomic mass is 9.67. The molecule has 5 nitrogen and oxygen atoms in total. The SMILES string of the molecule is N#Cc1nccnc1NCC1(CCO)CCC1. The van der Waals surface area contributed by atoms with Gasteiger partial charge in [-0.2, -0.15) is 5.26 Å². The van der Waals surface area contributed by atoms with Crippen molar-refractivity contribution >= 4 is 5.82 Å². The van der Waals surface area contributed by atoms with Crippen LogP contribution < -0.4 is 5.32 Å². The molecule has 1 fully saturated rings. The van der Waals surface area contributed by atoms with Crippen molar-refractivity contribution < 1.29 is 5.11 Å². The summed E-state index contributed by atoms with van der Waals surface area (Å²) >= 11 is 0. The smallest absolute Gasteiger partial charge is 0.182 e. The number of nitrogens with zero attached hydrogens (tertiary/aromatic N) is 3. The van der Waals surface area contributed by atoms with Gasteiger partial charge in [-0.3, -0.25) is 0 Å². The fraction of sp³-hybridized carbons (Fsp3) is 0.583. The third-order valence-corrected chi connectivity index (χ3v) is 3.49. The van der Waals surface area contributed by atoms with Gasteiger partial charge in [-0.1, -0.05) is 6.42 Å². The van der Waals surface area contributed by atoms with Crippen molar-refractivity contribution in [3.63, 3.8) is 0 Å². The second-order valence-electron chi connectivity index (χ2n) is 4.55. The first-order valence-electron chi connectivity index (χ1n) is 5.85. The van der Waals surface area contributed by atoms with Crippen LogP contribution in [-0.4, -0.2) is 28.2 Å². The van der Waals surface area contributed by atoms with Gasteiger partial charge in [0.1, 0.15) is 6.07 Å². The van der Waals surface area contributed by atoms with E-state index in [-0.39, 0.29) is 12.0 Å². The van der Waals surface area contributed by atoms with Crippen molar-refractivity contribution in [1.82, 2.24) is 9.97 Å². The highest BCUT2D eigenvalue weighted by atomic mass is 16.3. The predicted octanol–water partition coefficient (Wildman–Crippen LogP) is 1.31. The highest BCUT2D eigenvalue weighted by Gasteiger charge is 2.36. The molecule has 1 aliphatic carbocycles. The van der Waals surface area contributed by atoms with Gasteiger partial charge in [0.25, 0.3) is 0 Å². The molecule has 0 saturated heterocycles. The zero-order valence-electron chi connectivity index (χ0n) is 9.69. The largest absolute Gasteiger partial charge is 0.396 e. The summed E-state index contributed by atoms with van der Waals surface area (Å²) in [5, 5.41) is 21.1. The van der Waals surface area contributed by atoms with Crippen LogP contribution in [0.3, 0.4) is 0 Å². The Balaban J connectivity index is 2.00. The number of rotatable bonds is 5. The third-order valence-electron chi connectivity index (χ3n) is 3.49. The molecule has 0 spiro atoms. The van der Waals surface area contributed by atoms with E-state index in [1.165, 1.54) is 12.6 Å². The number of anilines is 1. The molecule has 1 heterocycles. The fourth-order valence-electron chi connectivity index (χ4n) is 2.25. The molecule has 1 saturated carbocycles. The maximum atomic E-state index is 9.06. The van der Waals surface area contributed by atoms with Gasteiger partial charge >= 0.3 is 0 Å². The van der Waals surface area contributed by atoms with Crippen molar-refractivity contribution in [2.75, 3.05) is 18.5 Å². The number of hydrogen-bond acceptors (Lipinski definition) is 5. The summed E-state index contributed by atoms with van der Waals surface area (Å²) in [5.74, 6) is 0.541. The molecule has 0 aromatic carbocycles. The highest BCUT2D eigenvalue weighted by Crippen LogP contribution is 2.43. The second kappa shape index (κ2) is 5.11. The van der Waals surface area contributed by atoms with Gasteiger partial charge in [0.05, 0.1) is 0 Å². The van der Waals surface area contributed by atoms with Crippen molar-refractivity contribution in [2.24, 2.45) is 5.41 Å². The van der Waals surface area contributed by atoms with E-state index in [0.717, 1.165) is 25.8 Å². The highest BCUT2D eigenvalue weighted by molar-refractivity contribution is 5.46. The van der Waals surface area contributed by atoms with Gasteiger partial charge in [-0.15, -0.1) is 0 Å². The summed E-state index contributed by atoms with van der Waals surface area (Å²) in [4.78, 5) is 8.06. The van der Waals surface area contributed by atoms with E-state index in [9.17, 15) is 0 Å². The summed E-state index contributed by atoms with van der Waals surface area (Å²) in [6.45, 7) is 0.966. The van der Waals surface area contributed by atoms with E-state index in [1.54, 1.807) is 6.20 Å². The van der Waals surface area contributed by atoms with E-state index < -0.39 is 0 Å². The Bertz CT molecular complexity index is 423. The molecule has 2 rings (SSSR count). The number of nitriles is 1. The van der Waals surface area contributed by atoms with Crippen LogP contribution in [-0.2, 0) is 0 Å². The Hall–Kier alpha value is -1.67. The topological polar surface area (TPSA) is 81.8 Å². The number of aliphatic hydroxyl groups is 1. The van der Waals surface area contributed by atoms with Gasteiger partial charge in [0.2, 0.25) is 0 Å². The molecule has 0 amide bonds. The minimum atomic E-state index is 0.180. The Kier molecular flexibility index (Phi) is 3.55. The van der Waals surface area contributed by atoms with Gasteiger partial charge in [-0.25, -0.2) is 9.97 Å². The third kappa shape index (κ3) is 2.53. The van der Waals surface area contributed by atoms with E-state index in [1.807, 2.05) is 6.07 Å². The summed E-state index contributed by atoms with van der Waals surface area (Å²) < 4.78 is 0. The van der Waals surface area contributed by atoms with Crippen LogP contribution in [0.25, 0.3) is 0 Å². The molecular formula is C12H16N4O. The molecule has 17 heavy (non-hydrogen) atoms. The van der Waals surface area contributed by atoms with Crippen LogP contribution in [0.1, 0.15) is 31.4 Å². The lowest BCUT2D eigenvalue weighted by Crippen LogP contribution is -2.37. The van der Waals surface area contributed by atoms with Gasteiger partial charge in [0.15, 0.2) is 11.5 Å². The Morgan fingerprint density at radius 1 is 1.41 bits per heavy atom. The predicted molar refractivity (Wildman–Crippen MR) is 63.2 cm³/mol. The van der Waals surface area contributed by atoms with Crippen LogP contribution in [0.2, 0.25) is 0 Å². The summed E-state index contributed by atoms with van der Waals surface area (Å²) in [7, 11) is 0. The molecule has 0 aliphatic heterocycles. The van der Waals surface area contributed by atoms with Gasteiger partial charge < -0.3 is 10.4 Å². The van der Waals surface area contributed by atoms with Crippen LogP contribution in [0.15, 0.2) is 12.4 Å².